The Hall–Kier alpha value is -0.610. The Balaban J connectivity index is 1.89. The molecule has 4 heteroatoms. The van der Waals surface area contributed by atoms with Gasteiger partial charge in [0.1, 0.15) is 0 Å². The van der Waals surface area contributed by atoms with E-state index >= 15 is 0 Å². The lowest BCUT2D eigenvalue weighted by Crippen LogP contribution is -2.53. The fourth-order valence-corrected chi connectivity index (χ4v) is 3.77. The molecule has 0 aromatic rings. The number of rotatable bonds is 6. The number of carbonyl (C=O) groups excluding carboxylic acids is 1. The van der Waals surface area contributed by atoms with E-state index in [1.807, 2.05) is 11.8 Å². The van der Waals surface area contributed by atoms with Gasteiger partial charge in [-0.15, -0.1) is 0 Å². The predicted molar refractivity (Wildman–Crippen MR) is 80.5 cm³/mol. The average Bonchev–Trinajstić information content (AvgIpc) is 2.96. The number of nitrogens with zero attached hydrogens (tertiary/aromatic N) is 1. The molecule has 0 aromatic heterocycles. The summed E-state index contributed by atoms with van der Waals surface area (Å²) in [4.78, 5) is 14.1. The molecule has 1 heterocycles. The van der Waals surface area contributed by atoms with E-state index in [0.29, 0.717) is 24.4 Å². The van der Waals surface area contributed by atoms with Crippen LogP contribution in [-0.4, -0.2) is 47.7 Å². The third-order valence-corrected chi connectivity index (χ3v) is 4.79. The third kappa shape index (κ3) is 4.45. The molecule has 2 unspecified atom stereocenters. The molecule has 2 rings (SSSR count). The summed E-state index contributed by atoms with van der Waals surface area (Å²) < 4.78 is 0. The average molecular weight is 282 g/mol. The zero-order valence-corrected chi connectivity index (χ0v) is 12.8. The number of aliphatic hydroxyl groups excluding tert-OH is 1. The summed E-state index contributed by atoms with van der Waals surface area (Å²) in [5, 5.41) is 12.8. The predicted octanol–water partition coefficient (Wildman–Crippen LogP) is 1.92. The number of hydrogen-bond donors (Lipinski definition) is 2. The first-order chi connectivity index (χ1) is 9.72. The van der Waals surface area contributed by atoms with Gasteiger partial charge < -0.3 is 15.3 Å². The molecule has 0 spiro atoms. The van der Waals surface area contributed by atoms with Gasteiger partial charge in [0.15, 0.2) is 0 Å². The quantitative estimate of drug-likeness (QED) is 0.782. The van der Waals surface area contributed by atoms with Crippen LogP contribution in [0, 0.1) is 5.92 Å². The molecule has 4 nitrogen and oxygen atoms in total. The molecular formula is C16H30N2O2. The summed E-state index contributed by atoms with van der Waals surface area (Å²) in [5.41, 5.74) is 0. The van der Waals surface area contributed by atoms with E-state index < -0.39 is 0 Å². The van der Waals surface area contributed by atoms with Crippen molar-refractivity contribution < 1.29 is 9.90 Å². The van der Waals surface area contributed by atoms with E-state index in [0.717, 1.165) is 32.4 Å². The molecule has 1 amide bonds. The Labute approximate surface area is 122 Å². The van der Waals surface area contributed by atoms with Gasteiger partial charge in [-0.1, -0.05) is 19.8 Å². The maximum Gasteiger partial charge on any atom is 0.222 e. The molecule has 0 aromatic carbocycles. The largest absolute Gasteiger partial charge is 0.396 e. The number of piperidine rings is 1. The first kappa shape index (κ1) is 15.8. The van der Waals surface area contributed by atoms with E-state index in [1.54, 1.807) is 0 Å². The molecule has 1 saturated carbocycles. The molecule has 2 aliphatic rings. The Morgan fingerprint density at radius 1 is 1.25 bits per heavy atom. The van der Waals surface area contributed by atoms with Crippen LogP contribution in [0.1, 0.15) is 58.3 Å². The molecule has 116 valence electrons. The van der Waals surface area contributed by atoms with Crippen LogP contribution in [0.15, 0.2) is 0 Å². The summed E-state index contributed by atoms with van der Waals surface area (Å²) in [6.45, 7) is 3.96. The number of nitrogens with one attached hydrogen (secondary N) is 1. The van der Waals surface area contributed by atoms with Crippen LogP contribution in [0.2, 0.25) is 0 Å². The van der Waals surface area contributed by atoms with E-state index in [-0.39, 0.29) is 12.5 Å². The molecule has 1 aliphatic heterocycles. The van der Waals surface area contributed by atoms with Gasteiger partial charge in [0.25, 0.3) is 0 Å². The number of amides is 1. The molecule has 2 fully saturated rings. The van der Waals surface area contributed by atoms with Crippen LogP contribution in [0.4, 0.5) is 0 Å². The lowest BCUT2D eigenvalue weighted by atomic mass is 9.89. The first-order valence-electron chi connectivity index (χ1n) is 8.37. The Bertz CT molecular complexity index is 303. The second-order valence-corrected chi connectivity index (χ2v) is 6.46. The summed E-state index contributed by atoms with van der Waals surface area (Å²) in [6.07, 6.45) is 8.92. The molecule has 0 bridgehead atoms. The lowest BCUT2D eigenvalue weighted by Gasteiger charge is -2.39. The molecule has 20 heavy (non-hydrogen) atoms. The highest BCUT2D eigenvalue weighted by molar-refractivity contribution is 5.76. The standard InChI is InChI=1S/C16H30N2O2/c1-2-16(20)18-11-13(6-5-9-19)10-15(12-18)17-14-7-3-4-8-14/h13-15,17,19H,2-12H2,1H3. The van der Waals surface area contributed by atoms with Gasteiger partial charge in [0, 0.05) is 38.2 Å². The normalized spacial score (nSPS) is 28.0. The molecule has 0 radical (unpaired) electrons. The van der Waals surface area contributed by atoms with Gasteiger partial charge in [-0.2, -0.15) is 0 Å². The van der Waals surface area contributed by atoms with E-state index in [9.17, 15) is 4.79 Å². The number of hydrogen-bond acceptors (Lipinski definition) is 3. The summed E-state index contributed by atoms with van der Waals surface area (Å²) in [6, 6.07) is 1.11. The van der Waals surface area contributed by atoms with E-state index in [1.165, 1.54) is 25.7 Å². The first-order valence-corrected chi connectivity index (χ1v) is 8.37. The summed E-state index contributed by atoms with van der Waals surface area (Å²) in [5.74, 6) is 0.822. The van der Waals surface area contributed by atoms with Gasteiger partial charge in [-0.05, 0) is 38.0 Å². The van der Waals surface area contributed by atoms with Crippen LogP contribution in [0.25, 0.3) is 0 Å². The maximum absolute atomic E-state index is 12.0. The Morgan fingerprint density at radius 2 is 2.00 bits per heavy atom. The van der Waals surface area contributed by atoms with Gasteiger partial charge in [-0.25, -0.2) is 0 Å². The van der Waals surface area contributed by atoms with Gasteiger partial charge in [0.05, 0.1) is 0 Å². The van der Waals surface area contributed by atoms with Gasteiger partial charge >= 0.3 is 0 Å². The van der Waals surface area contributed by atoms with Crippen molar-refractivity contribution in [3.8, 4) is 0 Å². The molecular weight excluding hydrogens is 252 g/mol. The molecule has 2 N–H and O–H groups in total. The van der Waals surface area contributed by atoms with Crippen LogP contribution >= 0.6 is 0 Å². The van der Waals surface area contributed by atoms with Crippen molar-refractivity contribution in [2.75, 3.05) is 19.7 Å². The minimum Gasteiger partial charge on any atom is -0.396 e. The van der Waals surface area contributed by atoms with Crippen LogP contribution < -0.4 is 5.32 Å². The molecule has 1 saturated heterocycles. The highest BCUT2D eigenvalue weighted by Crippen LogP contribution is 2.25. The van der Waals surface area contributed by atoms with Crippen molar-refractivity contribution >= 4 is 5.91 Å². The summed E-state index contributed by atoms with van der Waals surface area (Å²) in [7, 11) is 0. The van der Waals surface area contributed by atoms with E-state index in [4.69, 9.17) is 5.11 Å². The maximum atomic E-state index is 12.0. The van der Waals surface area contributed by atoms with Crippen molar-refractivity contribution in [2.45, 2.75) is 70.4 Å². The van der Waals surface area contributed by atoms with Crippen LogP contribution in [0.3, 0.4) is 0 Å². The zero-order valence-electron chi connectivity index (χ0n) is 12.8. The van der Waals surface area contributed by atoms with Crippen molar-refractivity contribution in [1.29, 1.82) is 0 Å². The minimum absolute atomic E-state index is 0.263. The van der Waals surface area contributed by atoms with Crippen molar-refractivity contribution in [3.05, 3.63) is 0 Å². The fraction of sp³-hybridized carbons (Fsp3) is 0.938. The highest BCUT2D eigenvalue weighted by atomic mass is 16.2. The third-order valence-electron chi connectivity index (χ3n) is 4.79. The smallest absolute Gasteiger partial charge is 0.222 e. The minimum atomic E-state index is 0.263. The molecule has 1 aliphatic carbocycles. The lowest BCUT2D eigenvalue weighted by molar-refractivity contribution is -0.133. The number of likely N-dealkylation sites (tertiary alicyclic amines) is 1. The van der Waals surface area contributed by atoms with Gasteiger partial charge in [-0.3, -0.25) is 4.79 Å². The topological polar surface area (TPSA) is 52.6 Å². The van der Waals surface area contributed by atoms with Gasteiger partial charge in [0.2, 0.25) is 5.91 Å². The SMILES string of the molecule is CCC(=O)N1CC(CCCO)CC(NC2CCCC2)C1. The van der Waals surface area contributed by atoms with E-state index in [2.05, 4.69) is 5.32 Å². The van der Waals surface area contributed by atoms with Crippen LogP contribution in [0.5, 0.6) is 0 Å². The van der Waals surface area contributed by atoms with Crippen molar-refractivity contribution in [3.63, 3.8) is 0 Å². The highest BCUT2D eigenvalue weighted by Gasteiger charge is 2.30. The van der Waals surface area contributed by atoms with Crippen molar-refractivity contribution in [2.24, 2.45) is 5.92 Å². The molecule has 2 atom stereocenters. The Kier molecular flexibility index (Phi) is 6.30. The van der Waals surface area contributed by atoms with Crippen LogP contribution in [-0.2, 0) is 4.79 Å². The number of aliphatic hydroxyl groups is 1. The monoisotopic (exact) mass is 282 g/mol. The zero-order chi connectivity index (χ0) is 14.4. The second kappa shape index (κ2) is 7.99. The fourth-order valence-electron chi connectivity index (χ4n) is 3.77. The van der Waals surface area contributed by atoms with Crippen molar-refractivity contribution in [1.82, 2.24) is 10.2 Å². The number of carbonyl (C=O) groups is 1. The Morgan fingerprint density at radius 3 is 2.65 bits per heavy atom. The summed E-state index contributed by atoms with van der Waals surface area (Å²) >= 11 is 0. The second-order valence-electron chi connectivity index (χ2n) is 6.46.